The number of benzene rings is 2. The van der Waals surface area contributed by atoms with Crippen LogP contribution in [0.2, 0.25) is 0 Å². The minimum Gasteiger partial charge on any atom is -0.381 e. The molecule has 0 unspecified atom stereocenters. The molecule has 0 aliphatic carbocycles. The van der Waals surface area contributed by atoms with Gasteiger partial charge in [-0.15, -0.1) is 6.58 Å². The van der Waals surface area contributed by atoms with Gasteiger partial charge in [-0.25, -0.2) is 4.79 Å². The van der Waals surface area contributed by atoms with Gasteiger partial charge in [-0.1, -0.05) is 30.0 Å². The number of hydrogen-bond acceptors (Lipinski definition) is 5. The predicted molar refractivity (Wildman–Crippen MR) is 121 cm³/mol. The minimum atomic E-state index is -0.470. The molecule has 0 spiro atoms. The smallest absolute Gasteiger partial charge is 0.351 e. The molecule has 0 N–H and O–H groups in total. The third-order valence-electron chi connectivity index (χ3n) is 5.62. The van der Waals surface area contributed by atoms with Crippen LogP contribution in [0.4, 0.5) is 0 Å². The van der Waals surface area contributed by atoms with Gasteiger partial charge in [-0.05, 0) is 61.7 Å². The second kappa shape index (κ2) is 8.96. The van der Waals surface area contributed by atoms with E-state index in [9.17, 15) is 10.1 Å². The topological polar surface area (TPSA) is 72.8 Å². The van der Waals surface area contributed by atoms with Crippen LogP contribution in [-0.2, 0) is 16.7 Å². The molecule has 31 heavy (non-hydrogen) atoms. The molecule has 1 aliphatic heterocycles. The SMILES string of the molecule is C=CCn1c(C)nn(-c2ccc(Sc3cccc(C4(C#N)CCOCC4)c3)cc2)c1=O. The number of aromatic nitrogens is 3. The third kappa shape index (κ3) is 4.22. The van der Waals surface area contributed by atoms with Gasteiger partial charge in [0.2, 0.25) is 0 Å². The number of rotatable bonds is 6. The average Bonchev–Trinajstić information content (AvgIpc) is 3.09. The monoisotopic (exact) mass is 432 g/mol. The quantitative estimate of drug-likeness (QED) is 0.545. The first-order chi connectivity index (χ1) is 15.1. The molecule has 1 aliphatic rings. The largest absolute Gasteiger partial charge is 0.381 e. The maximum absolute atomic E-state index is 12.6. The van der Waals surface area contributed by atoms with Crippen molar-refractivity contribution in [1.82, 2.24) is 14.3 Å². The Hall–Kier alpha value is -3.08. The van der Waals surface area contributed by atoms with Crippen LogP contribution < -0.4 is 5.69 Å². The zero-order chi connectivity index (χ0) is 21.8. The number of ether oxygens (including phenoxy) is 1. The number of nitrogens with zero attached hydrogens (tertiary/aromatic N) is 4. The van der Waals surface area contributed by atoms with E-state index in [1.165, 1.54) is 4.68 Å². The lowest BCUT2D eigenvalue weighted by Gasteiger charge is -2.31. The van der Waals surface area contributed by atoms with Crippen molar-refractivity contribution >= 4 is 11.8 Å². The Balaban J connectivity index is 1.55. The highest BCUT2D eigenvalue weighted by Gasteiger charge is 2.34. The van der Waals surface area contributed by atoms with Crippen LogP contribution in [0.3, 0.4) is 0 Å². The molecule has 158 valence electrons. The van der Waals surface area contributed by atoms with Crippen molar-refractivity contribution in [3.8, 4) is 11.8 Å². The molecule has 4 rings (SSSR count). The molecule has 0 atom stereocenters. The first kappa shape index (κ1) is 21.2. The van der Waals surface area contributed by atoms with Crippen LogP contribution in [-0.4, -0.2) is 27.6 Å². The lowest BCUT2D eigenvalue weighted by molar-refractivity contribution is 0.0675. The van der Waals surface area contributed by atoms with E-state index in [0.29, 0.717) is 25.6 Å². The molecule has 1 fully saturated rings. The number of aryl methyl sites for hydroxylation is 1. The fourth-order valence-corrected chi connectivity index (χ4v) is 4.71. The molecular formula is C24H24N4O2S. The van der Waals surface area contributed by atoms with E-state index in [4.69, 9.17) is 4.74 Å². The van der Waals surface area contributed by atoms with E-state index in [1.807, 2.05) is 43.3 Å². The van der Waals surface area contributed by atoms with E-state index in [2.05, 4.69) is 29.9 Å². The van der Waals surface area contributed by atoms with E-state index in [-0.39, 0.29) is 5.69 Å². The molecule has 2 aromatic carbocycles. The van der Waals surface area contributed by atoms with Crippen molar-refractivity contribution in [2.75, 3.05) is 13.2 Å². The van der Waals surface area contributed by atoms with Crippen LogP contribution in [0.25, 0.3) is 5.69 Å². The van der Waals surface area contributed by atoms with Crippen molar-refractivity contribution in [1.29, 1.82) is 5.26 Å². The van der Waals surface area contributed by atoms with Crippen molar-refractivity contribution in [2.24, 2.45) is 0 Å². The summed E-state index contributed by atoms with van der Waals surface area (Å²) in [5, 5.41) is 14.2. The van der Waals surface area contributed by atoms with E-state index < -0.39 is 5.41 Å². The van der Waals surface area contributed by atoms with Crippen LogP contribution in [0.5, 0.6) is 0 Å². The number of allylic oxidation sites excluding steroid dienone is 1. The Labute approximate surface area is 185 Å². The summed E-state index contributed by atoms with van der Waals surface area (Å²) in [4.78, 5) is 14.7. The Bertz CT molecular complexity index is 1180. The Morgan fingerprint density at radius 1 is 1.23 bits per heavy atom. The van der Waals surface area contributed by atoms with Crippen LogP contribution in [0, 0.1) is 18.3 Å². The summed E-state index contributed by atoms with van der Waals surface area (Å²) in [5.41, 5.74) is 1.13. The minimum absolute atomic E-state index is 0.177. The Kier molecular flexibility index (Phi) is 6.12. The van der Waals surface area contributed by atoms with Gasteiger partial charge < -0.3 is 4.74 Å². The summed E-state index contributed by atoms with van der Waals surface area (Å²) in [6.45, 7) is 7.18. The lowest BCUT2D eigenvalue weighted by atomic mass is 9.75. The number of nitriles is 1. The molecule has 1 aromatic heterocycles. The maximum atomic E-state index is 12.6. The van der Waals surface area contributed by atoms with Crippen molar-refractivity contribution in [3.63, 3.8) is 0 Å². The predicted octanol–water partition coefficient (Wildman–Crippen LogP) is 4.25. The molecule has 2 heterocycles. The fourth-order valence-electron chi connectivity index (χ4n) is 3.84. The van der Waals surface area contributed by atoms with Crippen LogP contribution in [0.1, 0.15) is 24.2 Å². The van der Waals surface area contributed by atoms with Crippen molar-refractivity contribution < 1.29 is 4.74 Å². The summed E-state index contributed by atoms with van der Waals surface area (Å²) in [7, 11) is 0. The second-order valence-corrected chi connectivity index (χ2v) is 8.72. The molecule has 0 radical (unpaired) electrons. The molecule has 3 aromatic rings. The highest BCUT2D eigenvalue weighted by Crippen LogP contribution is 2.37. The molecule has 7 heteroatoms. The highest BCUT2D eigenvalue weighted by molar-refractivity contribution is 7.99. The van der Waals surface area contributed by atoms with Gasteiger partial charge in [0.1, 0.15) is 5.82 Å². The van der Waals surface area contributed by atoms with Crippen LogP contribution in [0.15, 0.2) is 75.8 Å². The third-order valence-corrected chi connectivity index (χ3v) is 6.62. The second-order valence-electron chi connectivity index (χ2n) is 7.57. The van der Waals surface area contributed by atoms with E-state index in [0.717, 1.165) is 33.9 Å². The van der Waals surface area contributed by atoms with Crippen molar-refractivity contribution in [3.05, 3.63) is 83.1 Å². The van der Waals surface area contributed by atoms with Gasteiger partial charge >= 0.3 is 5.69 Å². The summed E-state index contributed by atoms with van der Waals surface area (Å²) in [5.74, 6) is 0.653. The summed E-state index contributed by atoms with van der Waals surface area (Å²) in [6, 6.07) is 18.5. The van der Waals surface area contributed by atoms with Gasteiger partial charge in [0.15, 0.2) is 0 Å². The van der Waals surface area contributed by atoms with Gasteiger partial charge in [0.25, 0.3) is 0 Å². The first-order valence-corrected chi connectivity index (χ1v) is 11.0. The molecule has 1 saturated heterocycles. The molecule has 0 saturated carbocycles. The summed E-state index contributed by atoms with van der Waals surface area (Å²) < 4.78 is 8.46. The molecule has 6 nitrogen and oxygen atoms in total. The Morgan fingerprint density at radius 3 is 2.65 bits per heavy atom. The number of hydrogen-bond donors (Lipinski definition) is 0. The summed E-state index contributed by atoms with van der Waals surface area (Å²) in [6.07, 6.45) is 3.13. The average molecular weight is 433 g/mol. The molecule has 0 amide bonds. The highest BCUT2D eigenvalue weighted by atomic mass is 32.2. The molecular weight excluding hydrogens is 408 g/mol. The van der Waals surface area contributed by atoms with Gasteiger partial charge in [0, 0.05) is 29.5 Å². The van der Waals surface area contributed by atoms with Gasteiger partial charge in [0.05, 0.1) is 17.2 Å². The summed E-state index contributed by atoms with van der Waals surface area (Å²) >= 11 is 1.63. The maximum Gasteiger partial charge on any atom is 0.351 e. The Morgan fingerprint density at radius 2 is 1.97 bits per heavy atom. The van der Waals surface area contributed by atoms with E-state index >= 15 is 0 Å². The fraction of sp³-hybridized carbons (Fsp3) is 0.292. The standard InChI is InChI=1S/C24H24N4O2S/c1-3-13-27-18(2)26-28(23(27)29)20-7-9-21(10-8-20)31-22-6-4-5-19(16-22)24(17-25)11-14-30-15-12-24/h3-10,16H,1,11-15H2,2H3. The lowest BCUT2D eigenvalue weighted by Crippen LogP contribution is -2.32. The first-order valence-electron chi connectivity index (χ1n) is 10.2. The van der Waals surface area contributed by atoms with E-state index in [1.54, 1.807) is 22.4 Å². The zero-order valence-electron chi connectivity index (χ0n) is 17.5. The van der Waals surface area contributed by atoms with Gasteiger partial charge in [-0.3, -0.25) is 4.57 Å². The van der Waals surface area contributed by atoms with Crippen LogP contribution >= 0.6 is 11.8 Å². The molecule has 0 bridgehead atoms. The zero-order valence-corrected chi connectivity index (χ0v) is 18.3. The normalized spacial score (nSPS) is 15.4. The van der Waals surface area contributed by atoms with Gasteiger partial charge in [-0.2, -0.15) is 15.0 Å². The van der Waals surface area contributed by atoms with Crippen molar-refractivity contribution in [2.45, 2.75) is 41.5 Å².